The Balaban J connectivity index is 2.10. The van der Waals surface area contributed by atoms with Gasteiger partial charge in [0, 0.05) is 29.6 Å². The van der Waals surface area contributed by atoms with Crippen molar-refractivity contribution in [3.63, 3.8) is 0 Å². The molecule has 0 aliphatic carbocycles. The van der Waals surface area contributed by atoms with Crippen LogP contribution in [0.15, 0.2) is 20.9 Å². The Kier molecular flexibility index (Phi) is 5.74. The molecule has 1 unspecified atom stereocenters. The van der Waals surface area contributed by atoms with Gasteiger partial charge in [-0.15, -0.1) is 0 Å². The van der Waals surface area contributed by atoms with Crippen LogP contribution in [0.25, 0.3) is 10.4 Å². The number of hydrogen-bond acceptors (Lipinski definition) is 7. The van der Waals surface area contributed by atoms with Gasteiger partial charge < -0.3 is 14.6 Å². The first-order valence-electron chi connectivity index (χ1n) is 7.25. The standard InChI is InChI=1S/C13H17N5O6/c1-7-5-18(13(22)16-12(7)21)10-4-8(9(6-19)23-10)24-11(20)2-3-15-17-14/h5,8-10,19H,2-4,6H2,1H3,(H,16,21,22)/t8?,9-,10-/m1/s1. The van der Waals surface area contributed by atoms with Crippen molar-refractivity contribution < 1.29 is 19.4 Å². The van der Waals surface area contributed by atoms with Gasteiger partial charge >= 0.3 is 11.7 Å². The lowest BCUT2D eigenvalue weighted by Gasteiger charge is -2.16. The lowest BCUT2D eigenvalue weighted by atomic mass is 10.2. The van der Waals surface area contributed by atoms with Gasteiger partial charge in [-0.2, -0.15) is 0 Å². The Morgan fingerprint density at radius 2 is 2.38 bits per heavy atom. The third-order valence-electron chi connectivity index (χ3n) is 3.58. The van der Waals surface area contributed by atoms with Crippen LogP contribution in [0, 0.1) is 6.92 Å². The molecule has 1 aromatic heterocycles. The number of rotatable bonds is 6. The van der Waals surface area contributed by atoms with Crippen molar-refractivity contribution in [3.8, 4) is 0 Å². The van der Waals surface area contributed by atoms with Gasteiger partial charge in [-0.3, -0.25) is 19.1 Å². The summed E-state index contributed by atoms with van der Waals surface area (Å²) in [6.07, 6.45) is -0.924. The average molecular weight is 339 g/mol. The Morgan fingerprint density at radius 3 is 3.04 bits per heavy atom. The summed E-state index contributed by atoms with van der Waals surface area (Å²) in [5, 5.41) is 12.6. The van der Waals surface area contributed by atoms with E-state index in [4.69, 9.17) is 15.0 Å². The highest BCUT2D eigenvalue weighted by Crippen LogP contribution is 2.29. The molecule has 0 aromatic carbocycles. The lowest BCUT2D eigenvalue weighted by Crippen LogP contribution is -2.33. The molecule has 1 saturated heterocycles. The van der Waals surface area contributed by atoms with Crippen LogP contribution in [0.5, 0.6) is 0 Å². The zero-order chi connectivity index (χ0) is 17.7. The van der Waals surface area contributed by atoms with E-state index in [-0.39, 0.29) is 19.4 Å². The summed E-state index contributed by atoms with van der Waals surface area (Å²) in [6.45, 7) is 1.11. The molecule has 1 aromatic rings. The first-order chi connectivity index (χ1) is 11.5. The number of H-pyrrole nitrogens is 1. The van der Waals surface area contributed by atoms with Crippen molar-refractivity contribution in [2.75, 3.05) is 13.2 Å². The summed E-state index contributed by atoms with van der Waals surface area (Å²) in [7, 11) is 0. The van der Waals surface area contributed by atoms with Crippen LogP contribution >= 0.6 is 0 Å². The maximum atomic E-state index is 11.9. The molecule has 2 rings (SSSR count). The Hall–Kier alpha value is -2.62. The predicted molar refractivity (Wildman–Crippen MR) is 80.2 cm³/mol. The second kappa shape index (κ2) is 7.77. The minimum atomic E-state index is -0.794. The number of carbonyl (C=O) groups is 1. The molecule has 11 heteroatoms. The van der Waals surface area contributed by atoms with Crippen LogP contribution in [0.3, 0.4) is 0 Å². The topological polar surface area (TPSA) is 159 Å². The van der Waals surface area contributed by atoms with Gasteiger partial charge in [0.05, 0.1) is 13.0 Å². The third-order valence-corrected chi connectivity index (χ3v) is 3.58. The number of aliphatic hydroxyl groups is 1. The molecule has 0 radical (unpaired) electrons. The molecule has 0 amide bonds. The summed E-state index contributed by atoms with van der Waals surface area (Å²) in [6, 6.07) is 0. The minimum absolute atomic E-state index is 0.0330. The van der Waals surface area contributed by atoms with E-state index in [2.05, 4.69) is 15.0 Å². The van der Waals surface area contributed by atoms with Crippen LogP contribution in [0.4, 0.5) is 0 Å². The van der Waals surface area contributed by atoms with E-state index in [0.717, 1.165) is 0 Å². The second-order valence-electron chi connectivity index (χ2n) is 5.26. The average Bonchev–Trinajstić information content (AvgIpc) is 2.93. The lowest BCUT2D eigenvalue weighted by molar-refractivity contribution is -0.152. The molecule has 0 spiro atoms. The number of esters is 1. The molecule has 24 heavy (non-hydrogen) atoms. The number of nitrogens with zero attached hydrogens (tertiary/aromatic N) is 4. The molecule has 1 aliphatic heterocycles. The fourth-order valence-electron chi connectivity index (χ4n) is 2.37. The van der Waals surface area contributed by atoms with Crippen molar-refractivity contribution in [1.29, 1.82) is 0 Å². The summed E-state index contributed by atoms with van der Waals surface area (Å²) in [5.41, 5.74) is 7.35. The van der Waals surface area contributed by atoms with Crippen molar-refractivity contribution in [1.82, 2.24) is 9.55 Å². The maximum absolute atomic E-state index is 11.9. The van der Waals surface area contributed by atoms with Gasteiger partial charge in [0.25, 0.3) is 5.56 Å². The predicted octanol–water partition coefficient (Wildman–Crippen LogP) is -0.263. The summed E-state index contributed by atoms with van der Waals surface area (Å²) in [5.74, 6) is -0.597. The molecule has 3 atom stereocenters. The number of ether oxygens (including phenoxy) is 2. The summed E-state index contributed by atoms with van der Waals surface area (Å²) < 4.78 is 11.9. The fourth-order valence-corrected chi connectivity index (χ4v) is 2.37. The molecule has 1 aliphatic rings. The Labute approximate surface area is 135 Å². The summed E-state index contributed by atoms with van der Waals surface area (Å²) >= 11 is 0. The van der Waals surface area contributed by atoms with E-state index in [1.54, 1.807) is 6.92 Å². The van der Waals surface area contributed by atoms with Gasteiger partial charge in [-0.1, -0.05) is 5.11 Å². The minimum Gasteiger partial charge on any atom is -0.459 e. The number of aryl methyl sites for hydroxylation is 1. The van der Waals surface area contributed by atoms with E-state index < -0.39 is 42.3 Å². The molecule has 0 saturated carbocycles. The summed E-state index contributed by atoms with van der Waals surface area (Å²) in [4.78, 5) is 39.7. The molecule has 11 nitrogen and oxygen atoms in total. The van der Waals surface area contributed by atoms with Gasteiger partial charge in [0.15, 0.2) is 0 Å². The van der Waals surface area contributed by atoms with E-state index in [1.165, 1.54) is 10.8 Å². The highest BCUT2D eigenvalue weighted by molar-refractivity contribution is 5.69. The molecular weight excluding hydrogens is 322 g/mol. The molecule has 0 bridgehead atoms. The normalized spacial score (nSPS) is 22.8. The third kappa shape index (κ3) is 4.02. The number of nitrogens with one attached hydrogen (secondary N) is 1. The highest BCUT2D eigenvalue weighted by atomic mass is 16.6. The number of hydrogen-bond donors (Lipinski definition) is 2. The smallest absolute Gasteiger partial charge is 0.330 e. The molecular formula is C13H17N5O6. The Bertz CT molecular complexity index is 765. The number of aromatic amines is 1. The zero-order valence-corrected chi connectivity index (χ0v) is 12.9. The van der Waals surface area contributed by atoms with E-state index in [1.807, 2.05) is 0 Å². The van der Waals surface area contributed by atoms with Crippen LogP contribution < -0.4 is 11.2 Å². The molecule has 2 N–H and O–H groups in total. The van der Waals surface area contributed by atoms with Crippen molar-refractivity contribution >= 4 is 5.97 Å². The number of carbonyl (C=O) groups excluding carboxylic acids is 1. The largest absolute Gasteiger partial charge is 0.459 e. The van der Waals surface area contributed by atoms with Crippen LogP contribution in [-0.4, -0.2) is 46.0 Å². The van der Waals surface area contributed by atoms with Gasteiger partial charge in [-0.25, -0.2) is 4.79 Å². The van der Waals surface area contributed by atoms with Gasteiger partial charge in [0.1, 0.15) is 18.4 Å². The van der Waals surface area contributed by atoms with E-state index >= 15 is 0 Å². The zero-order valence-electron chi connectivity index (χ0n) is 12.9. The molecule has 130 valence electrons. The quantitative estimate of drug-likeness (QED) is 0.314. The van der Waals surface area contributed by atoms with Crippen LogP contribution in [-0.2, 0) is 14.3 Å². The van der Waals surface area contributed by atoms with Gasteiger partial charge in [-0.05, 0) is 12.5 Å². The van der Waals surface area contributed by atoms with E-state index in [9.17, 15) is 19.5 Å². The molecule has 1 fully saturated rings. The van der Waals surface area contributed by atoms with Gasteiger partial charge in [0.2, 0.25) is 0 Å². The van der Waals surface area contributed by atoms with E-state index in [0.29, 0.717) is 5.56 Å². The first-order valence-corrected chi connectivity index (χ1v) is 7.25. The van der Waals surface area contributed by atoms with Crippen molar-refractivity contribution in [2.24, 2.45) is 5.11 Å². The number of aromatic nitrogens is 2. The highest BCUT2D eigenvalue weighted by Gasteiger charge is 2.38. The SMILES string of the molecule is Cc1cn([C@H]2CC(OC(=O)CCN=[N+]=[N-])[C@@H](CO)O2)c(=O)[nH]c1=O. The van der Waals surface area contributed by atoms with Crippen molar-refractivity contribution in [3.05, 3.63) is 43.0 Å². The maximum Gasteiger partial charge on any atom is 0.330 e. The van der Waals surface area contributed by atoms with Crippen LogP contribution in [0.2, 0.25) is 0 Å². The first kappa shape index (κ1) is 17.7. The molecule has 2 heterocycles. The number of azide groups is 1. The van der Waals surface area contributed by atoms with Crippen LogP contribution in [0.1, 0.15) is 24.6 Å². The monoisotopic (exact) mass is 339 g/mol. The fraction of sp³-hybridized carbons (Fsp3) is 0.615. The van der Waals surface area contributed by atoms with Crippen molar-refractivity contribution in [2.45, 2.75) is 38.2 Å². The Morgan fingerprint density at radius 1 is 1.62 bits per heavy atom. The second-order valence-corrected chi connectivity index (χ2v) is 5.26. The number of aliphatic hydroxyl groups excluding tert-OH is 1.